The number of thioether (sulfide) groups is 4. The number of oxime groups is 2. The zero-order chi connectivity index (χ0) is 18.8. The van der Waals surface area contributed by atoms with Crippen LogP contribution < -0.4 is 0 Å². The van der Waals surface area contributed by atoms with Crippen molar-refractivity contribution in [1.82, 2.24) is 8.61 Å². The SMILES string of the molecule is CN(SSN(C)C(=O)O/N=C1\CSCCS1)C(=O)O/N=C1\CSCCS1. The van der Waals surface area contributed by atoms with E-state index in [0.717, 1.165) is 66.6 Å². The average molecular weight is 475 g/mol. The Kier molecular flexibility index (Phi) is 10.7. The Balaban J connectivity index is 1.67. The summed E-state index contributed by atoms with van der Waals surface area (Å²) in [6.45, 7) is 0. The van der Waals surface area contributed by atoms with Crippen LogP contribution in [0.5, 0.6) is 0 Å². The molecule has 0 radical (unpaired) electrons. The minimum atomic E-state index is -0.608. The van der Waals surface area contributed by atoms with E-state index in [4.69, 9.17) is 9.68 Å². The average Bonchev–Trinajstić information content (AvgIpc) is 2.69. The Bertz CT molecular complexity index is 500. The maximum absolute atomic E-state index is 11.9. The third-order valence-electron chi connectivity index (χ3n) is 2.67. The first-order chi connectivity index (χ1) is 12.6. The van der Waals surface area contributed by atoms with Gasteiger partial charge in [-0.1, -0.05) is 10.3 Å². The summed E-state index contributed by atoms with van der Waals surface area (Å²) >= 11 is 6.70. The Morgan fingerprint density at radius 2 is 1.27 bits per heavy atom. The van der Waals surface area contributed by atoms with Crippen LogP contribution in [0.4, 0.5) is 9.59 Å². The van der Waals surface area contributed by atoms with Crippen LogP contribution in [0.3, 0.4) is 0 Å². The highest BCUT2D eigenvalue weighted by Gasteiger charge is 2.19. The van der Waals surface area contributed by atoms with Crippen molar-refractivity contribution < 1.29 is 19.3 Å². The Hall–Kier alpha value is -0.0200. The number of rotatable bonds is 5. The van der Waals surface area contributed by atoms with E-state index in [1.165, 1.54) is 22.7 Å². The number of carbonyl (C=O) groups is 2. The van der Waals surface area contributed by atoms with Crippen LogP contribution in [0.2, 0.25) is 0 Å². The smallest absolute Gasteiger partial charge is 0.296 e. The molecule has 26 heavy (non-hydrogen) atoms. The molecule has 2 heterocycles. The fourth-order valence-corrected chi connectivity index (χ4v) is 6.92. The van der Waals surface area contributed by atoms with Crippen molar-refractivity contribution in [3.63, 3.8) is 0 Å². The van der Waals surface area contributed by atoms with Crippen molar-refractivity contribution in [3.05, 3.63) is 0 Å². The third kappa shape index (κ3) is 8.33. The van der Waals surface area contributed by atoms with Gasteiger partial charge in [0, 0.05) is 70.6 Å². The highest BCUT2D eigenvalue weighted by molar-refractivity contribution is 8.75. The molecule has 2 aliphatic rings. The first-order valence-electron chi connectivity index (χ1n) is 7.35. The van der Waals surface area contributed by atoms with E-state index < -0.39 is 12.2 Å². The minimum absolute atomic E-state index is 0.608. The topological polar surface area (TPSA) is 83.8 Å². The molecular weight excluding hydrogens is 457 g/mol. The van der Waals surface area contributed by atoms with Gasteiger partial charge in [0.05, 0.1) is 0 Å². The van der Waals surface area contributed by atoms with E-state index in [1.807, 2.05) is 0 Å². The monoisotopic (exact) mass is 474 g/mol. The van der Waals surface area contributed by atoms with Gasteiger partial charge in [-0.15, -0.1) is 23.5 Å². The predicted octanol–water partition coefficient (Wildman–Crippen LogP) is 3.92. The standard InChI is InChI=1S/C12H18N4O4S6/c1-15(11(17)19-13-9-7-21-3-5-23-9)25-26-16(2)12(18)20-14-10-8-22-4-6-24-10/h3-8H2,1-2H3/b13-9+,14-10+. The Morgan fingerprint density at radius 3 is 1.62 bits per heavy atom. The second-order valence-electron chi connectivity index (χ2n) is 4.63. The van der Waals surface area contributed by atoms with Crippen LogP contribution in [-0.2, 0) is 9.68 Å². The highest BCUT2D eigenvalue weighted by Crippen LogP contribution is 2.29. The molecule has 14 heteroatoms. The molecule has 0 aromatic heterocycles. The third-order valence-corrected chi connectivity index (χ3v) is 9.76. The molecule has 0 bridgehead atoms. The van der Waals surface area contributed by atoms with Crippen LogP contribution in [0.1, 0.15) is 0 Å². The van der Waals surface area contributed by atoms with Gasteiger partial charge in [0.2, 0.25) is 0 Å². The summed E-state index contributed by atoms with van der Waals surface area (Å²) in [7, 11) is 5.14. The second kappa shape index (κ2) is 12.4. The molecule has 0 saturated carbocycles. The zero-order valence-electron chi connectivity index (χ0n) is 14.1. The number of nitrogens with zero attached hydrogens (tertiary/aromatic N) is 4. The van der Waals surface area contributed by atoms with Gasteiger partial charge in [-0.05, 0) is 0 Å². The fourth-order valence-electron chi connectivity index (χ4n) is 1.40. The molecule has 2 fully saturated rings. The summed E-state index contributed by atoms with van der Waals surface area (Å²) < 4.78 is 2.50. The minimum Gasteiger partial charge on any atom is -0.296 e. The molecular formula is C12H18N4O4S6. The zero-order valence-corrected chi connectivity index (χ0v) is 19.0. The lowest BCUT2D eigenvalue weighted by Crippen LogP contribution is -2.23. The van der Waals surface area contributed by atoms with Crippen LogP contribution in [0, 0.1) is 0 Å². The highest BCUT2D eigenvalue weighted by atomic mass is 33.1. The molecule has 0 atom stereocenters. The largest absolute Gasteiger partial charge is 0.446 e. The molecule has 146 valence electrons. The maximum Gasteiger partial charge on any atom is 0.446 e. The number of hydrogen-bond acceptors (Lipinski definition) is 12. The summed E-state index contributed by atoms with van der Waals surface area (Å²) in [6.07, 6.45) is -1.22. The van der Waals surface area contributed by atoms with Gasteiger partial charge in [0.25, 0.3) is 0 Å². The molecule has 2 rings (SSSR count). The van der Waals surface area contributed by atoms with Gasteiger partial charge in [0.1, 0.15) is 10.1 Å². The summed E-state index contributed by atoms with van der Waals surface area (Å²) in [5, 5.41) is 9.34. The summed E-state index contributed by atoms with van der Waals surface area (Å²) in [5.41, 5.74) is 0. The maximum atomic E-state index is 11.9. The molecule has 8 nitrogen and oxygen atoms in total. The first-order valence-corrected chi connectivity index (χ1v) is 13.7. The number of hydrogen-bond donors (Lipinski definition) is 0. The van der Waals surface area contributed by atoms with Crippen LogP contribution in [0.25, 0.3) is 0 Å². The Labute approximate surface area is 177 Å². The van der Waals surface area contributed by atoms with Crippen molar-refractivity contribution in [3.8, 4) is 0 Å². The van der Waals surface area contributed by atoms with Crippen LogP contribution >= 0.6 is 69.0 Å². The van der Waals surface area contributed by atoms with Gasteiger partial charge in [0.15, 0.2) is 0 Å². The summed E-state index contributed by atoms with van der Waals surface area (Å²) in [5.74, 6) is 5.62. The van der Waals surface area contributed by atoms with Crippen molar-refractivity contribution in [2.75, 3.05) is 48.6 Å². The fraction of sp³-hybridized carbons (Fsp3) is 0.667. The molecule has 2 aliphatic heterocycles. The van der Waals surface area contributed by atoms with E-state index in [-0.39, 0.29) is 0 Å². The molecule has 0 N–H and O–H groups in total. The lowest BCUT2D eigenvalue weighted by molar-refractivity contribution is 0.136. The first kappa shape index (κ1) is 22.3. The summed E-state index contributed by atoms with van der Waals surface area (Å²) in [4.78, 5) is 33.6. The van der Waals surface area contributed by atoms with Crippen LogP contribution in [-0.4, -0.2) is 79.5 Å². The van der Waals surface area contributed by atoms with Crippen molar-refractivity contribution in [1.29, 1.82) is 0 Å². The quantitative estimate of drug-likeness (QED) is 0.253. The van der Waals surface area contributed by atoms with E-state index in [9.17, 15) is 9.59 Å². The predicted molar refractivity (Wildman–Crippen MR) is 118 cm³/mol. The molecule has 2 saturated heterocycles. The van der Waals surface area contributed by atoms with Gasteiger partial charge in [-0.2, -0.15) is 23.5 Å². The Morgan fingerprint density at radius 1 is 0.846 bits per heavy atom. The van der Waals surface area contributed by atoms with Gasteiger partial charge < -0.3 is 0 Å². The van der Waals surface area contributed by atoms with Crippen molar-refractivity contribution in [2.24, 2.45) is 10.3 Å². The lowest BCUT2D eigenvalue weighted by Gasteiger charge is -2.17. The molecule has 0 aromatic rings. The van der Waals surface area contributed by atoms with Crippen molar-refractivity contribution in [2.45, 2.75) is 0 Å². The summed E-state index contributed by atoms with van der Waals surface area (Å²) in [6, 6.07) is 0. The molecule has 0 unspecified atom stereocenters. The van der Waals surface area contributed by atoms with Crippen molar-refractivity contribution >= 4 is 91.3 Å². The molecule has 0 spiro atoms. The molecule has 2 amide bonds. The van der Waals surface area contributed by atoms with Gasteiger partial charge in [-0.25, -0.2) is 18.2 Å². The molecule has 0 aromatic carbocycles. The lowest BCUT2D eigenvalue weighted by atomic mass is 10.9. The van der Waals surface area contributed by atoms with E-state index in [2.05, 4.69) is 10.3 Å². The van der Waals surface area contributed by atoms with E-state index in [1.54, 1.807) is 47.0 Å². The van der Waals surface area contributed by atoms with E-state index in [0.29, 0.717) is 0 Å². The van der Waals surface area contributed by atoms with Gasteiger partial charge >= 0.3 is 12.2 Å². The van der Waals surface area contributed by atoms with E-state index >= 15 is 0 Å². The van der Waals surface area contributed by atoms with Crippen LogP contribution in [0.15, 0.2) is 10.3 Å². The number of amides is 2. The second-order valence-corrected chi connectivity index (χ2v) is 11.5. The number of carbonyl (C=O) groups excluding carboxylic acids is 2. The normalized spacial score (nSPS) is 20.7. The van der Waals surface area contributed by atoms with Gasteiger partial charge in [-0.3, -0.25) is 9.68 Å². The molecule has 0 aliphatic carbocycles.